The zero-order chi connectivity index (χ0) is 11.5. The number of hydrogen-bond donors (Lipinski definition) is 1. The molecule has 0 radical (unpaired) electrons. The maximum absolute atomic E-state index is 10.5. The first-order valence-electron chi connectivity index (χ1n) is 5.58. The van der Waals surface area contributed by atoms with E-state index in [1.54, 1.807) is 0 Å². The Morgan fingerprint density at radius 2 is 2.38 bits per heavy atom. The van der Waals surface area contributed by atoms with Crippen molar-refractivity contribution in [3.63, 3.8) is 0 Å². The second kappa shape index (κ2) is 4.51. The van der Waals surface area contributed by atoms with Crippen LogP contribution in [0.1, 0.15) is 24.1 Å². The van der Waals surface area contributed by atoms with Crippen molar-refractivity contribution in [3.8, 4) is 0 Å². The molecule has 0 amide bonds. The second-order valence-electron chi connectivity index (χ2n) is 4.17. The van der Waals surface area contributed by atoms with Gasteiger partial charge < -0.3 is 10.0 Å². The number of anilines is 1. The summed E-state index contributed by atoms with van der Waals surface area (Å²) >= 11 is 0. The molecule has 0 spiro atoms. The fourth-order valence-corrected chi connectivity index (χ4v) is 2.19. The van der Waals surface area contributed by atoms with Crippen LogP contribution in [-0.4, -0.2) is 29.7 Å². The highest BCUT2D eigenvalue weighted by atomic mass is 16.4. The average molecular weight is 220 g/mol. The van der Waals surface area contributed by atoms with Crippen LogP contribution in [0.15, 0.2) is 12.3 Å². The van der Waals surface area contributed by atoms with Gasteiger partial charge in [-0.15, -0.1) is 0 Å². The molecule has 1 aromatic heterocycles. The Hall–Kier alpha value is -1.58. The van der Waals surface area contributed by atoms with Crippen molar-refractivity contribution in [1.29, 1.82) is 0 Å². The van der Waals surface area contributed by atoms with Crippen molar-refractivity contribution < 1.29 is 9.90 Å². The molecule has 16 heavy (non-hydrogen) atoms. The van der Waals surface area contributed by atoms with E-state index in [0.29, 0.717) is 6.54 Å². The Labute approximate surface area is 94.9 Å². The number of fused-ring (bicyclic) bond motifs is 1. The molecule has 2 rings (SSSR count). The molecule has 1 aromatic rings. The summed E-state index contributed by atoms with van der Waals surface area (Å²) in [6.07, 6.45) is 5.27. The summed E-state index contributed by atoms with van der Waals surface area (Å²) in [7, 11) is 1.94. The summed E-state index contributed by atoms with van der Waals surface area (Å²) in [6, 6.07) is 1.98. The molecule has 0 atom stereocenters. The molecule has 4 nitrogen and oxygen atoms in total. The van der Waals surface area contributed by atoms with Gasteiger partial charge in [-0.3, -0.25) is 9.78 Å². The molecule has 1 N–H and O–H groups in total. The Morgan fingerprint density at radius 3 is 3.12 bits per heavy atom. The van der Waals surface area contributed by atoms with Gasteiger partial charge in [-0.05, 0) is 30.9 Å². The standard InChI is InChI=1S/C12H16N2O2/c1-14(8-6-12(15)16)11-5-7-13-10-4-2-3-9(10)11/h5,7H,2-4,6,8H2,1H3,(H,15,16). The summed E-state index contributed by atoms with van der Waals surface area (Å²) in [6.45, 7) is 0.547. The summed E-state index contributed by atoms with van der Waals surface area (Å²) in [5.41, 5.74) is 3.62. The Balaban J connectivity index is 2.14. The van der Waals surface area contributed by atoms with Crippen molar-refractivity contribution in [2.45, 2.75) is 25.7 Å². The van der Waals surface area contributed by atoms with E-state index < -0.39 is 5.97 Å². The van der Waals surface area contributed by atoms with Gasteiger partial charge in [-0.2, -0.15) is 0 Å². The maximum atomic E-state index is 10.5. The summed E-state index contributed by atoms with van der Waals surface area (Å²) < 4.78 is 0. The van der Waals surface area contributed by atoms with Gasteiger partial charge in [0.2, 0.25) is 0 Å². The van der Waals surface area contributed by atoms with Crippen molar-refractivity contribution in [2.75, 3.05) is 18.5 Å². The van der Waals surface area contributed by atoms with Crippen LogP contribution in [0.2, 0.25) is 0 Å². The van der Waals surface area contributed by atoms with E-state index in [0.717, 1.165) is 24.9 Å². The average Bonchev–Trinajstić information content (AvgIpc) is 2.73. The maximum Gasteiger partial charge on any atom is 0.305 e. The first kappa shape index (κ1) is 10.9. The molecule has 0 saturated heterocycles. The number of aliphatic carboxylic acids is 1. The monoisotopic (exact) mass is 220 g/mol. The van der Waals surface area contributed by atoms with E-state index in [4.69, 9.17) is 5.11 Å². The van der Waals surface area contributed by atoms with Gasteiger partial charge in [0.15, 0.2) is 0 Å². The predicted octanol–water partition coefficient (Wildman–Crippen LogP) is 1.48. The van der Waals surface area contributed by atoms with Crippen LogP contribution in [-0.2, 0) is 17.6 Å². The lowest BCUT2D eigenvalue weighted by Crippen LogP contribution is -2.22. The summed E-state index contributed by atoms with van der Waals surface area (Å²) in [5, 5.41) is 8.66. The number of hydrogen-bond acceptors (Lipinski definition) is 3. The smallest absolute Gasteiger partial charge is 0.305 e. The van der Waals surface area contributed by atoms with Crippen LogP contribution < -0.4 is 4.90 Å². The highest BCUT2D eigenvalue weighted by Crippen LogP contribution is 2.28. The zero-order valence-electron chi connectivity index (χ0n) is 9.44. The number of carbonyl (C=O) groups is 1. The van der Waals surface area contributed by atoms with Crippen LogP contribution in [0.25, 0.3) is 0 Å². The fraction of sp³-hybridized carbons (Fsp3) is 0.500. The van der Waals surface area contributed by atoms with Gasteiger partial charge in [-0.25, -0.2) is 0 Å². The molecular formula is C12H16N2O2. The highest BCUT2D eigenvalue weighted by molar-refractivity contribution is 5.68. The van der Waals surface area contributed by atoms with Gasteiger partial charge in [0, 0.05) is 31.2 Å². The number of carboxylic acids is 1. The fourth-order valence-electron chi connectivity index (χ4n) is 2.19. The molecule has 0 fully saturated rings. The van der Waals surface area contributed by atoms with Gasteiger partial charge in [0.25, 0.3) is 0 Å². The normalized spacial score (nSPS) is 13.6. The minimum Gasteiger partial charge on any atom is -0.481 e. The largest absolute Gasteiger partial charge is 0.481 e. The molecule has 1 aliphatic carbocycles. The molecule has 4 heteroatoms. The molecule has 1 heterocycles. The molecule has 1 aliphatic rings. The molecule has 0 saturated carbocycles. The van der Waals surface area contributed by atoms with E-state index in [1.807, 2.05) is 24.2 Å². The molecular weight excluding hydrogens is 204 g/mol. The number of carboxylic acid groups (broad SMARTS) is 1. The van der Waals surface area contributed by atoms with Crippen molar-refractivity contribution in [2.24, 2.45) is 0 Å². The Kier molecular flexibility index (Phi) is 3.08. The zero-order valence-corrected chi connectivity index (χ0v) is 9.44. The number of rotatable bonds is 4. The van der Waals surface area contributed by atoms with Gasteiger partial charge in [0.05, 0.1) is 6.42 Å². The lowest BCUT2D eigenvalue weighted by atomic mass is 10.1. The third-order valence-electron chi connectivity index (χ3n) is 3.03. The summed E-state index contributed by atoms with van der Waals surface area (Å²) in [5.74, 6) is -0.752. The third kappa shape index (κ3) is 2.15. The molecule has 0 bridgehead atoms. The SMILES string of the molecule is CN(CCC(=O)O)c1ccnc2c1CCC2. The first-order chi connectivity index (χ1) is 7.68. The quantitative estimate of drug-likeness (QED) is 0.835. The number of aromatic nitrogens is 1. The van der Waals surface area contributed by atoms with Crippen molar-refractivity contribution in [1.82, 2.24) is 4.98 Å². The minimum absolute atomic E-state index is 0.174. The van der Waals surface area contributed by atoms with Gasteiger partial charge in [-0.1, -0.05) is 0 Å². The lowest BCUT2D eigenvalue weighted by molar-refractivity contribution is -0.136. The van der Waals surface area contributed by atoms with E-state index >= 15 is 0 Å². The van der Waals surface area contributed by atoms with Gasteiger partial charge >= 0.3 is 5.97 Å². The van der Waals surface area contributed by atoms with Crippen LogP contribution in [0.5, 0.6) is 0 Å². The van der Waals surface area contributed by atoms with E-state index in [9.17, 15) is 4.79 Å². The second-order valence-corrected chi connectivity index (χ2v) is 4.17. The number of pyridine rings is 1. The van der Waals surface area contributed by atoms with E-state index in [1.165, 1.54) is 11.3 Å². The van der Waals surface area contributed by atoms with E-state index in [-0.39, 0.29) is 6.42 Å². The van der Waals surface area contributed by atoms with Crippen LogP contribution in [0.3, 0.4) is 0 Å². The predicted molar refractivity (Wildman–Crippen MR) is 61.8 cm³/mol. The number of nitrogens with zero attached hydrogens (tertiary/aromatic N) is 2. The first-order valence-corrected chi connectivity index (χ1v) is 5.58. The summed E-state index contributed by atoms with van der Waals surface area (Å²) in [4.78, 5) is 16.9. The van der Waals surface area contributed by atoms with Crippen molar-refractivity contribution >= 4 is 11.7 Å². The topological polar surface area (TPSA) is 53.4 Å². The highest BCUT2D eigenvalue weighted by Gasteiger charge is 2.17. The molecule has 0 aromatic carbocycles. The van der Waals surface area contributed by atoms with E-state index in [2.05, 4.69) is 4.98 Å². The Morgan fingerprint density at radius 1 is 1.56 bits per heavy atom. The lowest BCUT2D eigenvalue weighted by Gasteiger charge is -2.21. The van der Waals surface area contributed by atoms with Crippen LogP contribution >= 0.6 is 0 Å². The molecule has 0 aliphatic heterocycles. The van der Waals surface area contributed by atoms with Crippen LogP contribution in [0.4, 0.5) is 5.69 Å². The third-order valence-corrected chi connectivity index (χ3v) is 3.03. The Bertz CT molecular complexity index is 404. The molecule has 86 valence electrons. The molecule has 0 unspecified atom stereocenters. The minimum atomic E-state index is -0.752. The van der Waals surface area contributed by atoms with Crippen LogP contribution in [0, 0.1) is 0 Å². The van der Waals surface area contributed by atoms with Crippen molar-refractivity contribution in [3.05, 3.63) is 23.5 Å². The van der Waals surface area contributed by atoms with Gasteiger partial charge in [0.1, 0.15) is 0 Å². The number of aryl methyl sites for hydroxylation is 1.